The third-order valence-electron chi connectivity index (χ3n) is 5.95. The maximum absolute atomic E-state index is 14.7. The fraction of sp³-hybridized carbons (Fsp3) is 0.435. The Morgan fingerprint density at radius 1 is 1.28 bits per heavy atom. The average molecular weight is 460 g/mol. The number of anilines is 1. The Labute approximate surface area is 188 Å². The summed E-state index contributed by atoms with van der Waals surface area (Å²) >= 11 is 0. The third kappa shape index (κ3) is 5.23. The summed E-state index contributed by atoms with van der Waals surface area (Å²) in [5.74, 6) is -0.831. The van der Waals surface area contributed by atoms with E-state index in [0.29, 0.717) is 11.1 Å². The monoisotopic (exact) mass is 459 g/mol. The maximum Gasteiger partial charge on any atom is 0.352 e. The molecule has 9 heteroatoms. The van der Waals surface area contributed by atoms with E-state index in [9.17, 15) is 14.0 Å². The molecule has 7 nitrogen and oxygen atoms in total. The van der Waals surface area contributed by atoms with Crippen molar-refractivity contribution in [2.24, 2.45) is 0 Å². The summed E-state index contributed by atoms with van der Waals surface area (Å²) in [6.07, 6.45) is 0.967. The third-order valence-corrected chi connectivity index (χ3v) is 10.5. The number of halogens is 1. The molecule has 2 atom stereocenters. The highest BCUT2D eigenvalue weighted by molar-refractivity contribution is 6.74. The minimum atomic E-state index is -2.02. The number of hydrogen-bond acceptors (Lipinski definition) is 5. The van der Waals surface area contributed by atoms with Crippen LogP contribution in [0.5, 0.6) is 0 Å². The van der Waals surface area contributed by atoms with E-state index in [-0.39, 0.29) is 23.4 Å². The van der Waals surface area contributed by atoms with Gasteiger partial charge in [0.05, 0.1) is 6.61 Å². The molecule has 172 valence electrons. The van der Waals surface area contributed by atoms with Gasteiger partial charge in [0, 0.05) is 17.3 Å². The number of nitrogens with zero attached hydrogens (tertiary/aromatic N) is 2. The van der Waals surface area contributed by atoms with Gasteiger partial charge in [-0.2, -0.15) is 4.98 Å². The Hall–Kier alpha value is -2.62. The fourth-order valence-electron chi connectivity index (χ4n) is 2.95. The lowest BCUT2D eigenvalue weighted by Crippen LogP contribution is -2.42. The quantitative estimate of drug-likeness (QED) is 0.640. The first-order valence-electron chi connectivity index (χ1n) is 10.5. The Balaban J connectivity index is 1.72. The highest BCUT2D eigenvalue weighted by Gasteiger charge is 2.39. The second kappa shape index (κ2) is 9.09. The number of carbonyl (C=O) groups excluding carboxylic acids is 1. The Morgan fingerprint density at radius 2 is 1.94 bits per heavy atom. The van der Waals surface area contributed by atoms with Gasteiger partial charge in [-0.25, -0.2) is 9.18 Å². The Kier molecular flexibility index (Phi) is 6.82. The molecule has 0 saturated carbocycles. The van der Waals surface area contributed by atoms with Crippen LogP contribution in [0.25, 0.3) is 0 Å². The predicted octanol–water partition coefficient (Wildman–Crippen LogP) is 4.58. The van der Waals surface area contributed by atoms with Crippen molar-refractivity contribution in [2.75, 3.05) is 11.9 Å². The minimum absolute atomic E-state index is 0.0191. The van der Waals surface area contributed by atoms with E-state index in [1.807, 2.05) is 0 Å². The van der Waals surface area contributed by atoms with Crippen LogP contribution in [0.2, 0.25) is 18.1 Å². The Morgan fingerprint density at radius 3 is 2.56 bits per heavy atom. The molecule has 1 amide bonds. The number of ether oxygens (including phenoxy) is 1. The van der Waals surface area contributed by atoms with Crippen molar-refractivity contribution in [3.8, 4) is 0 Å². The summed E-state index contributed by atoms with van der Waals surface area (Å²) in [6, 6.07) is 8.60. The van der Waals surface area contributed by atoms with E-state index in [1.165, 1.54) is 12.3 Å². The van der Waals surface area contributed by atoms with Gasteiger partial charge in [-0.05, 0) is 43.3 Å². The molecule has 32 heavy (non-hydrogen) atoms. The van der Waals surface area contributed by atoms with E-state index < -0.39 is 32.2 Å². The standard InChI is InChI=1S/C23H30FN3O4Si/c1-15-13-27(22(29)26-19(15)25-20(28)16-10-8-7-9-11-16)21-18(24)12-17(31-21)14-30-32(5,6)23(2,3)4/h7-13,17,21H,14H2,1-6H3,(H,25,26,28,29)/t17-,21+/m0/s1. The second-order valence-corrected chi connectivity index (χ2v) is 14.2. The van der Waals surface area contributed by atoms with E-state index in [0.717, 1.165) is 4.57 Å². The molecule has 0 bridgehead atoms. The number of aryl methyl sites for hydroxylation is 1. The summed E-state index contributed by atoms with van der Waals surface area (Å²) in [5.41, 5.74) is 0.222. The summed E-state index contributed by atoms with van der Waals surface area (Å²) in [6.45, 7) is 12.5. The molecule has 0 unspecified atom stereocenters. The van der Waals surface area contributed by atoms with Crippen LogP contribution in [0, 0.1) is 6.92 Å². The van der Waals surface area contributed by atoms with Crippen LogP contribution < -0.4 is 11.0 Å². The topological polar surface area (TPSA) is 82.4 Å². The zero-order chi connectivity index (χ0) is 23.7. The van der Waals surface area contributed by atoms with E-state index in [4.69, 9.17) is 9.16 Å². The van der Waals surface area contributed by atoms with Gasteiger partial charge in [-0.3, -0.25) is 9.36 Å². The van der Waals surface area contributed by atoms with Gasteiger partial charge in [0.1, 0.15) is 17.7 Å². The first kappa shape index (κ1) is 24.0. The molecule has 2 aromatic rings. The normalized spacial score (nSPS) is 19.0. The molecule has 1 aromatic heterocycles. The summed E-state index contributed by atoms with van der Waals surface area (Å²) in [4.78, 5) is 28.9. The van der Waals surface area contributed by atoms with E-state index in [1.54, 1.807) is 37.3 Å². The van der Waals surface area contributed by atoms with Crippen LogP contribution >= 0.6 is 0 Å². The van der Waals surface area contributed by atoms with Gasteiger partial charge in [-0.15, -0.1) is 0 Å². The van der Waals surface area contributed by atoms with Crippen molar-refractivity contribution in [2.45, 2.75) is 58.2 Å². The molecule has 1 aliphatic heterocycles. The fourth-order valence-corrected chi connectivity index (χ4v) is 3.97. The highest BCUT2D eigenvalue weighted by Crippen LogP contribution is 2.37. The van der Waals surface area contributed by atoms with Gasteiger partial charge >= 0.3 is 5.69 Å². The number of amides is 1. The molecule has 0 radical (unpaired) electrons. The van der Waals surface area contributed by atoms with Gasteiger partial charge < -0.3 is 14.5 Å². The van der Waals surface area contributed by atoms with Crippen LogP contribution in [0.4, 0.5) is 10.2 Å². The summed E-state index contributed by atoms with van der Waals surface area (Å²) in [7, 11) is -2.02. The van der Waals surface area contributed by atoms with Gasteiger partial charge in [0.25, 0.3) is 5.91 Å². The van der Waals surface area contributed by atoms with Crippen molar-refractivity contribution in [1.82, 2.24) is 9.55 Å². The maximum atomic E-state index is 14.7. The molecular formula is C23H30FN3O4Si. The predicted molar refractivity (Wildman–Crippen MR) is 124 cm³/mol. The molecule has 1 N–H and O–H groups in total. The van der Waals surface area contributed by atoms with E-state index in [2.05, 4.69) is 44.2 Å². The highest BCUT2D eigenvalue weighted by atomic mass is 28.4. The SMILES string of the molecule is Cc1cn([C@@H]2O[C@H](CO[Si](C)(C)C(C)(C)C)C=C2F)c(=O)nc1NC(=O)c1ccccc1. The first-order valence-corrected chi connectivity index (χ1v) is 13.4. The van der Waals surface area contributed by atoms with Crippen LogP contribution in [0.3, 0.4) is 0 Å². The molecule has 0 fully saturated rings. The van der Waals surface area contributed by atoms with Crippen LogP contribution in [0.15, 0.2) is 53.2 Å². The lowest BCUT2D eigenvalue weighted by Gasteiger charge is -2.36. The number of rotatable bonds is 6. The van der Waals surface area contributed by atoms with Crippen LogP contribution in [-0.4, -0.2) is 36.5 Å². The lowest BCUT2D eigenvalue weighted by atomic mass is 10.2. The summed E-state index contributed by atoms with van der Waals surface area (Å²) in [5, 5.41) is 2.65. The second-order valence-electron chi connectivity index (χ2n) is 9.43. The molecular weight excluding hydrogens is 429 g/mol. The number of carbonyl (C=O) groups is 1. The largest absolute Gasteiger partial charge is 0.414 e. The van der Waals surface area contributed by atoms with Gasteiger partial charge in [-0.1, -0.05) is 39.0 Å². The average Bonchev–Trinajstić information content (AvgIpc) is 3.09. The van der Waals surface area contributed by atoms with Crippen molar-refractivity contribution in [1.29, 1.82) is 0 Å². The van der Waals surface area contributed by atoms with E-state index >= 15 is 0 Å². The number of aromatic nitrogens is 2. The van der Waals surface area contributed by atoms with Gasteiger partial charge in [0.15, 0.2) is 14.5 Å². The van der Waals surface area contributed by atoms with Crippen molar-refractivity contribution in [3.05, 3.63) is 70.0 Å². The molecule has 0 aliphatic carbocycles. The smallest absolute Gasteiger partial charge is 0.352 e. The zero-order valence-electron chi connectivity index (χ0n) is 19.3. The zero-order valence-corrected chi connectivity index (χ0v) is 20.3. The number of hydrogen-bond donors (Lipinski definition) is 1. The number of nitrogens with one attached hydrogen (secondary N) is 1. The molecule has 1 aliphatic rings. The summed E-state index contributed by atoms with van der Waals surface area (Å²) < 4.78 is 27.6. The molecule has 1 aromatic carbocycles. The van der Waals surface area contributed by atoms with Crippen molar-refractivity contribution >= 4 is 20.0 Å². The van der Waals surface area contributed by atoms with Crippen molar-refractivity contribution in [3.63, 3.8) is 0 Å². The van der Waals surface area contributed by atoms with Gasteiger partial charge in [0.2, 0.25) is 0 Å². The van der Waals surface area contributed by atoms with Crippen LogP contribution in [0.1, 0.15) is 42.9 Å². The molecule has 0 saturated heterocycles. The number of benzene rings is 1. The minimum Gasteiger partial charge on any atom is -0.414 e. The van der Waals surface area contributed by atoms with Crippen molar-refractivity contribution < 1.29 is 18.3 Å². The molecule has 3 rings (SSSR count). The van der Waals surface area contributed by atoms with Crippen LogP contribution in [-0.2, 0) is 9.16 Å². The Bertz CT molecular complexity index is 1080. The molecule has 0 spiro atoms. The lowest BCUT2D eigenvalue weighted by molar-refractivity contribution is -0.0192. The molecule has 2 heterocycles. The first-order chi connectivity index (χ1) is 14.9.